The first kappa shape index (κ1) is 9.73. The van der Waals surface area contributed by atoms with Crippen LogP contribution in [-0.2, 0) is 9.59 Å². The van der Waals surface area contributed by atoms with Gasteiger partial charge >= 0.3 is 11.9 Å². The number of carboxylic acid groups (broad SMARTS) is 1. The number of benzene rings is 1. The Balaban J connectivity index is 2.70. The van der Waals surface area contributed by atoms with Gasteiger partial charge in [-0.15, -0.1) is 0 Å². The first-order chi connectivity index (χ1) is 6.09. The maximum Gasteiger partial charge on any atom is 0.394 e. The quantitative estimate of drug-likeness (QED) is 0.735. The molecule has 0 bridgehead atoms. The van der Waals surface area contributed by atoms with Crippen molar-refractivity contribution in [3.63, 3.8) is 0 Å². The fourth-order valence-electron chi connectivity index (χ4n) is 0.718. The van der Waals surface area contributed by atoms with Gasteiger partial charge in [-0.3, -0.25) is 4.79 Å². The van der Waals surface area contributed by atoms with Crippen LogP contribution in [0.2, 0.25) is 0 Å². The Morgan fingerprint density at radius 3 is 2.23 bits per heavy atom. The Kier molecular flexibility index (Phi) is 3.02. The van der Waals surface area contributed by atoms with Crippen LogP contribution in [0.4, 0.5) is 5.69 Å². The van der Waals surface area contributed by atoms with E-state index in [-0.39, 0.29) is 0 Å². The summed E-state index contributed by atoms with van der Waals surface area (Å²) in [5, 5.41) is 10.5. The normalized spacial score (nSPS) is 9.31. The van der Waals surface area contributed by atoms with Gasteiger partial charge in [0.2, 0.25) is 0 Å². The summed E-state index contributed by atoms with van der Waals surface area (Å²) in [7, 11) is 0. The van der Waals surface area contributed by atoms with Crippen LogP contribution in [0.15, 0.2) is 28.7 Å². The molecule has 5 heteroatoms. The summed E-state index contributed by atoms with van der Waals surface area (Å²) in [5.74, 6) is -2.54. The number of aliphatic carboxylic acids is 1. The number of hydrogen-bond donors (Lipinski definition) is 2. The molecular formula is C8H6BrNO3. The van der Waals surface area contributed by atoms with E-state index in [1.54, 1.807) is 24.3 Å². The van der Waals surface area contributed by atoms with Gasteiger partial charge in [-0.2, -0.15) is 0 Å². The van der Waals surface area contributed by atoms with Crippen molar-refractivity contribution in [1.82, 2.24) is 0 Å². The Hall–Kier alpha value is -1.36. The summed E-state index contributed by atoms with van der Waals surface area (Å²) in [4.78, 5) is 20.8. The Labute approximate surface area is 82.7 Å². The van der Waals surface area contributed by atoms with Crippen LogP contribution in [-0.4, -0.2) is 17.0 Å². The number of amides is 1. The van der Waals surface area contributed by atoms with Gasteiger partial charge in [0.25, 0.3) is 0 Å². The molecule has 0 aliphatic rings. The zero-order chi connectivity index (χ0) is 9.84. The van der Waals surface area contributed by atoms with Crippen molar-refractivity contribution in [2.45, 2.75) is 0 Å². The number of carbonyl (C=O) groups is 2. The third-order valence-electron chi connectivity index (χ3n) is 1.30. The molecule has 1 aromatic carbocycles. The van der Waals surface area contributed by atoms with Crippen molar-refractivity contribution < 1.29 is 14.7 Å². The van der Waals surface area contributed by atoms with Crippen LogP contribution in [0.3, 0.4) is 0 Å². The van der Waals surface area contributed by atoms with Crippen molar-refractivity contribution >= 4 is 33.5 Å². The molecular weight excluding hydrogens is 238 g/mol. The molecule has 0 aliphatic heterocycles. The summed E-state index contributed by atoms with van der Waals surface area (Å²) in [6.07, 6.45) is 0. The molecule has 0 aliphatic carbocycles. The average Bonchev–Trinajstić information content (AvgIpc) is 2.08. The molecule has 1 rings (SSSR count). The molecule has 0 unspecified atom stereocenters. The molecule has 0 aromatic heterocycles. The maximum atomic E-state index is 10.7. The monoisotopic (exact) mass is 243 g/mol. The fraction of sp³-hybridized carbons (Fsp3) is 0. The van der Waals surface area contributed by atoms with E-state index in [4.69, 9.17) is 5.11 Å². The van der Waals surface area contributed by atoms with Crippen LogP contribution in [0, 0.1) is 0 Å². The zero-order valence-electron chi connectivity index (χ0n) is 6.45. The molecule has 0 spiro atoms. The minimum Gasteiger partial charge on any atom is -0.474 e. The lowest BCUT2D eigenvalue weighted by atomic mass is 10.3. The molecule has 0 radical (unpaired) electrons. The molecule has 0 saturated carbocycles. The van der Waals surface area contributed by atoms with Crippen molar-refractivity contribution in [1.29, 1.82) is 0 Å². The molecule has 68 valence electrons. The van der Waals surface area contributed by atoms with E-state index in [1.807, 2.05) is 0 Å². The highest BCUT2D eigenvalue weighted by atomic mass is 79.9. The van der Waals surface area contributed by atoms with E-state index < -0.39 is 11.9 Å². The lowest BCUT2D eigenvalue weighted by Crippen LogP contribution is -2.21. The van der Waals surface area contributed by atoms with Gasteiger partial charge in [0.1, 0.15) is 0 Å². The molecule has 13 heavy (non-hydrogen) atoms. The fourth-order valence-corrected chi connectivity index (χ4v) is 0.982. The predicted octanol–water partition coefficient (Wildman–Crippen LogP) is 1.47. The molecule has 4 nitrogen and oxygen atoms in total. The summed E-state index contributed by atoms with van der Waals surface area (Å²) in [6.45, 7) is 0. The van der Waals surface area contributed by atoms with Crippen LogP contribution in [0.25, 0.3) is 0 Å². The van der Waals surface area contributed by atoms with E-state index in [2.05, 4.69) is 21.2 Å². The van der Waals surface area contributed by atoms with Crippen LogP contribution in [0.1, 0.15) is 0 Å². The van der Waals surface area contributed by atoms with E-state index in [0.717, 1.165) is 4.47 Å². The van der Waals surface area contributed by atoms with Crippen LogP contribution >= 0.6 is 15.9 Å². The second kappa shape index (κ2) is 4.04. The number of carbonyl (C=O) groups excluding carboxylic acids is 1. The smallest absolute Gasteiger partial charge is 0.394 e. The minimum atomic E-state index is -1.50. The summed E-state index contributed by atoms with van der Waals surface area (Å²) in [6, 6.07) is 6.62. The number of halogens is 1. The number of anilines is 1. The zero-order valence-corrected chi connectivity index (χ0v) is 8.04. The van der Waals surface area contributed by atoms with E-state index in [0.29, 0.717) is 5.69 Å². The average molecular weight is 244 g/mol. The minimum absolute atomic E-state index is 0.454. The predicted molar refractivity (Wildman–Crippen MR) is 50.4 cm³/mol. The van der Waals surface area contributed by atoms with Crippen LogP contribution < -0.4 is 5.32 Å². The van der Waals surface area contributed by atoms with Crippen molar-refractivity contribution in [3.8, 4) is 0 Å². The largest absolute Gasteiger partial charge is 0.474 e. The van der Waals surface area contributed by atoms with Gasteiger partial charge in [-0.1, -0.05) is 15.9 Å². The highest BCUT2D eigenvalue weighted by Gasteiger charge is 2.10. The molecule has 0 fully saturated rings. The van der Waals surface area contributed by atoms with Crippen molar-refractivity contribution in [2.24, 2.45) is 0 Å². The molecule has 1 aromatic rings. The van der Waals surface area contributed by atoms with E-state index in [9.17, 15) is 9.59 Å². The standard InChI is InChI=1S/C8H6BrNO3/c9-5-1-3-6(4-2-5)10-7(11)8(12)13/h1-4H,(H,10,11)(H,12,13). The number of hydrogen-bond acceptors (Lipinski definition) is 2. The summed E-state index contributed by atoms with van der Waals surface area (Å²) >= 11 is 3.21. The third kappa shape index (κ3) is 2.87. The maximum absolute atomic E-state index is 10.7. The van der Waals surface area contributed by atoms with Crippen molar-refractivity contribution in [3.05, 3.63) is 28.7 Å². The number of rotatable bonds is 1. The summed E-state index contributed by atoms with van der Waals surface area (Å²) in [5.41, 5.74) is 0.454. The third-order valence-corrected chi connectivity index (χ3v) is 1.82. The van der Waals surface area contributed by atoms with Crippen molar-refractivity contribution in [2.75, 3.05) is 5.32 Å². The van der Waals surface area contributed by atoms with Crippen LogP contribution in [0.5, 0.6) is 0 Å². The van der Waals surface area contributed by atoms with E-state index >= 15 is 0 Å². The number of nitrogens with one attached hydrogen (secondary N) is 1. The lowest BCUT2D eigenvalue weighted by molar-refractivity contribution is -0.147. The molecule has 0 heterocycles. The second-order valence-electron chi connectivity index (χ2n) is 2.27. The topological polar surface area (TPSA) is 66.4 Å². The molecule has 0 saturated heterocycles. The van der Waals surface area contributed by atoms with E-state index in [1.165, 1.54) is 0 Å². The molecule has 0 atom stereocenters. The summed E-state index contributed by atoms with van der Waals surface area (Å²) < 4.78 is 0.862. The van der Waals surface area contributed by atoms with Gasteiger partial charge in [-0.05, 0) is 24.3 Å². The first-order valence-electron chi connectivity index (χ1n) is 3.39. The van der Waals surface area contributed by atoms with Gasteiger partial charge in [0.05, 0.1) is 0 Å². The van der Waals surface area contributed by atoms with Gasteiger partial charge in [0, 0.05) is 10.2 Å². The van der Waals surface area contributed by atoms with Gasteiger partial charge < -0.3 is 10.4 Å². The number of carboxylic acids is 1. The first-order valence-corrected chi connectivity index (χ1v) is 4.19. The Bertz CT molecular complexity index is 334. The highest BCUT2D eigenvalue weighted by Crippen LogP contribution is 2.13. The second-order valence-corrected chi connectivity index (χ2v) is 3.18. The highest BCUT2D eigenvalue weighted by molar-refractivity contribution is 9.10. The van der Waals surface area contributed by atoms with Gasteiger partial charge in [0.15, 0.2) is 0 Å². The van der Waals surface area contributed by atoms with Gasteiger partial charge in [-0.25, -0.2) is 4.79 Å². The lowest BCUT2D eigenvalue weighted by Gasteiger charge is -2.00. The SMILES string of the molecule is O=C(O)C(=O)Nc1ccc(Br)cc1. The molecule has 1 amide bonds. The Morgan fingerprint density at radius 1 is 1.23 bits per heavy atom. The molecule has 2 N–H and O–H groups in total. The Morgan fingerprint density at radius 2 is 1.77 bits per heavy atom.